The van der Waals surface area contributed by atoms with Crippen LogP contribution in [0.3, 0.4) is 0 Å². The van der Waals surface area contributed by atoms with Crippen molar-refractivity contribution in [1.82, 2.24) is 20.5 Å². The van der Waals surface area contributed by atoms with Gasteiger partial charge in [-0.2, -0.15) is 0 Å². The fraction of sp³-hybridized carbons (Fsp3) is 0.609. The largest absolute Gasteiger partial charge is 0.403 e. The molecule has 2 aromatic rings. The summed E-state index contributed by atoms with van der Waals surface area (Å²) in [4.78, 5) is 16.9. The van der Waals surface area contributed by atoms with E-state index in [2.05, 4.69) is 37.7 Å². The molecule has 0 bridgehead atoms. The molecule has 32 heavy (non-hydrogen) atoms. The molecular formula is C23H28N6O3. The molecule has 4 fully saturated rings. The molecule has 4 heterocycles. The Hall–Kier alpha value is -2.65. The lowest BCUT2D eigenvalue weighted by molar-refractivity contribution is -0.141. The van der Waals surface area contributed by atoms with E-state index in [1.54, 1.807) is 0 Å². The second-order valence-electron chi connectivity index (χ2n) is 10.0. The van der Waals surface area contributed by atoms with E-state index in [1.807, 2.05) is 11.0 Å². The number of piperazine rings is 1. The number of hydrogen-bond donors (Lipinski definition) is 1. The van der Waals surface area contributed by atoms with Gasteiger partial charge in [0.1, 0.15) is 0 Å². The number of nitrogens with one attached hydrogen (secondary N) is 1. The molecule has 3 aliphatic heterocycles. The second kappa shape index (κ2) is 6.92. The Balaban J connectivity index is 1.01. The number of fused-ring (bicyclic) bond motifs is 1. The Labute approximate surface area is 186 Å². The van der Waals surface area contributed by atoms with Gasteiger partial charge >= 0.3 is 6.01 Å². The van der Waals surface area contributed by atoms with E-state index >= 15 is 0 Å². The van der Waals surface area contributed by atoms with Crippen molar-refractivity contribution < 1.29 is 13.9 Å². The van der Waals surface area contributed by atoms with Gasteiger partial charge in [0.2, 0.25) is 11.8 Å². The lowest BCUT2D eigenvalue weighted by atomic mass is 9.71. The molecule has 7 rings (SSSR count). The number of nitrogens with zero attached hydrogens (tertiary/aromatic N) is 5. The van der Waals surface area contributed by atoms with Crippen molar-refractivity contribution in [3.05, 3.63) is 23.8 Å². The van der Waals surface area contributed by atoms with Gasteiger partial charge in [0.15, 0.2) is 0 Å². The summed E-state index contributed by atoms with van der Waals surface area (Å²) in [5, 5.41) is 10.8. The average molecular weight is 437 g/mol. The summed E-state index contributed by atoms with van der Waals surface area (Å²) in [6.45, 7) is 5.23. The van der Waals surface area contributed by atoms with Crippen molar-refractivity contribution in [3.63, 3.8) is 0 Å². The molecule has 2 aliphatic carbocycles. The molecule has 0 radical (unpaired) electrons. The average Bonchev–Trinajstić information content (AvgIpc) is 3.24. The predicted octanol–water partition coefficient (Wildman–Crippen LogP) is 1.80. The van der Waals surface area contributed by atoms with Crippen molar-refractivity contribution in [2.24, 2.45) is 11.3 Å². The first-order chi connectivity index (χ1) is 15.7. The molecule has 2 saturated heterocycles. The number of carbonyl (C=O) groups excluding carboxylic acids is 1. The summed E-state index contributed by atoms with van der Waals surface area (Å²) in [7, 11) is 0. The third kappa shape index (κ3) is 3.02. The van der Waals surface area contributed by atoms with Gasteiger partial charge in [-0.05, 0) is 48.8 Å². The summed E-state index contributed by atoms with van der Waals surface area (Å²) in [5.41, 5.74) is 7.35. The maximum atomic E-state index is 12.8. The number of rotatable bonds is 4. The standard InChI is InChI=1S/C23H28N6O3/c30-21(17-10-23(11-17)3-4-23)27-5-7-28(8-6-27)22-26-25-20(32-22)15-1-2-16-12-24-29(19(16)9-15)18-13-31-14-18/h1-2,9,17-18,24H,3-8,10-14H2. The van der Waals surface area contributed by atoms with Crippen molar-refractivity contribution in [1.29, 1.82) is 0 Å². The molecule has 1 aromatic carbocycles. The highest BCUT2D eigenvalue weighted by atomic mass is 16.5. The number of hydrazine groups is 1. The third-order valence-electron chi connectivity index (χ3n) is 7.96. The van der Waals surface area contributed by atoms with Gasteiger partial charge in [-0.25, -0.2) is 5.43 Å². The molecule has 1 amide bonds. The summed E-state index contributed by atoms with van der Waals surface area (Å²) in [5.74, 6) is 1.14. The van der Waals surface area contributed by atoms with Gasteiger partial charge < -0.3 is 24.0 Å². The van der Waals surface area contributed by atoms with Crippen LogP contribution in [0.1, 0.15) is 31.2 Å². The van der Waals surface area contributed by atoms with Gasteiger partial charge in [-0.1, -0.05) is 11.2 Å². The Morgan fingerprint density at radius 2 is 1.91 bits per heavy atom. The summed E-state index contributed by atoms with van der Waals surface area (Å²) < 4.78 is 11.4. The molecule has 1 N–H and O–H groups in total. The zero-order chi connectivity index (χ0) is 21.3. The molecule has 9 nitrogen and oxygen atoms in total. The summed E-state index contributed by atoms with van der Waals surface area (Å²) in [6, 6.07) is 7.19. The molecule has 1 aromatic heterocycles. The summed E-state index contributed by atoms with van der Waals surface area (Å²) >= 11 is 0. The molecule has 0 atom stereocenters. The Morgan fingerprint density at radius 1 is 1.09 bits per heavy atom. The van der Waals surface area contributed by atoms with Crippen LogP contribution in [0.15, 0.2) is 22.6 Å². The van der Waals surface area contributed by atoms with E-state index in [4.69, 9.17) is 9.15 Å². The normalized spacial score (nSPS) is 24.4. The highest BCUT2D eigenvalue weighted by Gasteiger charge is 2.55. The molecule has 9 heteroatoms. The number of benzene rings is 1. The maximum Gasteiger partial charge on any atom is 0.318 e. The van der Waals surface area contributed by atoms with Gasteiger partial charge in [0.05, 0.1) is 24.9 Å². The van der Waals surface area contributed by atoms with Crippen LogP contribution >= 0.6 is 0 Å². The lowest BCUT2D eigenvalue weighted by Crippen LogP contribution is -2.53. The van der Waals surface area contributed by atoms with Crippen LogP contribution in [0.2, 0.25) is 0 Å². The highest BCUT2D eigenvalue weighted by molar-refractivity contribution is 5.80. The van der Waals surface area contributed by atoms with Crippen molar-refractivity contribution >= 4 is 17.6 Å². The monoisotopic (exact) mass is 436 g/mol. The van der Waals surface area contributed by atoms with Crippen molar-refractivity contribution in [2.45, 2.75) is 38.3 Å². The van der Waals surface area contributed by atoms with E-state index in [1.165, 1.54) is 18.4 Å². The second-order valence-corrected chi connectivity index (χ2v) is 10.0. The van der Waals surface area contributed by atoms with Gasteiger partial charge in [0, 0.05) is 44.2 Å². The molecule has 5 aliphatic rings. The molecule has 168 valence electrons. The Morgan fingerprint density at radius 3 is 2.62 bits per heavy atom. The minimum absolute atomic E-state index is 0.263. The van der Waals surface area contributed by atoms with Crippen LogP contribution in [0.25, 0.3) is 11.5 Å². The predicted molar refractivity (Wildman–Crippen MR) is 117 cm³/mol. The van der Waals surface area contributed by atoms with Crippen LogP contribution in [0, 0.1) is 11.3 Å². The Bertz CT molecular complexity index is 1050. The molecule has 1 spiro atoms. The smallest absolute Gasteiger partial charge is 0.318 e. The van der Waals surface area contributed by atoms with E-state index in [0.717, 1.165) is 70.0 Å². The minimum Gasteiger partial charge on any atom is -0.403 e. The van der Waals surface area contributed by atoms with Gasteiger partial charge in [-0.3, -0.25) is 4.79 Å². The van der Waals surface area contributed by atoms with Crippen molar-refractivity contribution in [2.75, 3.05) is 49.3 Å². The topological polar surface area (TPSA) is 87.0 Å². The van der Waals surface area contributed by atoms with Crippen LogP contribution < -0.4 is 15.3 Å². The zero-order valence-electron chi connectivity index (χ0n) is 18.1. The van der Waals surface area contributed by atoms with Gasteiger partial charge in [-0.15, -0.1) is 5.10 Å². The fourth-order valence-corrected chi connectivity index (χ4v) is 5.61. The zero-order valence-corrected chi connectivity index (χ0v) is 18.1. The van der Waals surface area contributed by atoms with Crippen LogP contribution in [-0.2, 0) is 16.1 Å². The summed E-state index contributed by atoms with van der Waals surface area (Å²) in [6.07, 6.45) is 4.89. The number of amides is 1. The van der Waals surface area contributed by atoms with Crippen LogP contribution in [0.4, 0.5) is 11.7 Å². The number of aromatic nitrogens is 2. The maximum absolute atomic E-state index is 12.8. The van der Waals surface area contributed by atoms with E-state index in [9.17, 15) is 4.79 Å². The SMILES string of the molecule is O=C(C1CC2(CC2)C1)N1CCN(c2nnc(-c3ccc4c(c3)N(C3COC3)NC4)o2)CC1. The lowest BCUT2D eigenvalue weighted by Gasteiger charge is -2.41. The van der Waals surface area contributed by atoms with Crippen molar-refractivity contribution in [3.8, 4) is 11.5 Å². The number of ether oxygens (including phenoxy) is 1. The number of carbonyl (C=O) groups is 1. The fourth-order valence-electron chi connectivity index (χ4n) is 5.61. The van der Waals surface area contributed by atoms with Crippen LogP contribution in [-0.4, -0.2) is 66.4 Å². The molecule has 0 unspecified atom stereocenters. The minimum atomic E-state index is 0.263. The highest BCUT2D eigenvalue weighted by Crippen LogP contribution is 2.63. The molecular weight excluding hydrogens is 408 g/mol. The third-order valence-corrected chi connectivity index (χ3v) is 7.96. The van der Waals surface area contributed by atoms with Crippen LogP contribution in [0.5, 0.6) is 0 Å². The quantitative estimate of drug-likeness (QED) is 0.777. The number of anilines is 2. The Kier molecular flexibility index (Phi) is 4.08. The van der Waals surface area contributed by atoms with E-state index in [0.29, 0.717) is 29.3 Å². The first-order valence-electron chi connectivity index (χ1n) is 11.8. The first kappa shape index (κ1) is 18.9. The van der Waals surface area contributed by atoms with E-state index in [-0.39, 0.29) is 5.92 Å². The van der Waals surface area contributed by atoms with E-state index < -0.39 is 0 Å². The first-order valence-corrected chi connectivity index (χ1v) is 11.8. The number of hydrogen-bond acceptors (Lipinski definition) is 8. The molecule has 2 saturated carbocycles. The van der Waals surface area contributed by atoms with Gasteiger partial charge in [0.25, 0.3) is 0 Å².